The Hall–Kier alpha value is -0.0200. The highest BCUT2D eigenvalue weighted by Gasteiger charge is 1.98. The van der Waals surface area contributed by atoms with E-state index in [9.17, 15) is 8.42 Å². The summed E-state index contributed by atoms with van der Waals surface area (Å²) < 4.78 is 20.9. The van der Waals surface area contributed by atoms with Crippen LogP contribution in [-0.2, 0) is 9.05 Å². The fourth-order valence-electron chi connectivity index (χ4n) is 0.813. The number of hydrogen-bond donors (Lipinski definition) is 0. The fourth-order valence-corrected chi connectivity index (χ4v) is 1.40. The lowest BCUT2D eigenvalue weighted by Gasteiger charge is -1.91. The van der Waals surface area contributed by atoms with Crippen molar-refractivity contribution in [3.63, 3.8) is 0 Å². The van der Waals surface area contributed by atoms with Gasteiger partial charge >= 0.3 is 0 Å². The highest BCUT2D eigenvalue weighted by molar-refractivity contribution is 8.13. The summed E-state index contributed by atoms with van der Waals surface area (Å²) in [6, 6.07) is 0. The molecule has 0 atom stereocenters. The molecule has 0 aliphatic carbocycles. The molecule has 0 N–H and O–H groups in total. The predicted molar refractivity (Wildman–Crippen MR) is 52.9 cm³/mol. The van der Waals surface area contributed by atoms with E-state index in [4.69, 9.17) is 10.7 Å². The van der Waals surface area contributed by atoms with E-state index in [2.05, 4.69) is 6.92 Å². The van der Waals surface area contributed by atoms with E-state index in [0.29, 0.717) is 0 Å². The third-order valence-electron chi connectivity index (χ3n) is 1.44. The second-order valence-electron chi connectivity index (χ2n) is 2.67. The molecule has 12 heavy (non-hydrogen) atoms. The SMILES string of the molecule is CCCCC/C=C/CS(=O)(=O)Cl. The largest absolute Gasteiger partial charge is 0.236 e. The molecule has 0 spiro atoms. The van der Waals surface area contributed by atoms with Gasteiger partial charge < -0.3 is 0 Å². The number of allylic oxidation sites excluding steroid dienone is 1. The molecule has 72 valence electrons. The van der Waals surface area contributed by atoms with Crippen molar-refractivity contribution in [1.29, 1.82) is 0 Å². The van der Waals surface area contributed by atoms with Gasteiger partial charge in [-0.25, -0.2) is 8.42 Å². The number of halogens is 1. The lowest BCUT2D eigenvalue weighted by molar-refractivity contribution is 0.612. The van der Waals surface area contributed by atoms with Crippen LogP contribution in [0, 0.1) is 0 Å². The first-order chi connectivity index (χ1) is 5.56. The van der Waals surface area contributed by atoms with Gasteiger partial charge in [0.2, 0.25) is 9.05 Å². The van der Waals surface area contributed by atoms with Gasteiger partial charge in [-0.1, -0.05) is 31.9 Å². The second kappa shape index (κ2) is 6.49. The van der Waals surface area contributed by atoms with Crippen LogP contribution in [0.4, 0.5) is 0 Å². The van der Waals surface area contributed by atoms with Crippen LogP contribution in [0.2, 0.25) is 0 Å². The monoisotopic (exact) mass is 210 g/mol. The molecule has 0 saturated heterocycles. The average molecular weight is 211 g/mol. The second-order valence-corrected chi connectivity index (χ2v) is 5.49. The van der Waals surface area contributed by atoms with Gasteiger partial charge in [-0.05, 0) is 12.8 Å². The van der Waals surface area contributed by atoms with E-state index in [-0.39, 0.29) is 5.75 Å². The zero-order chi connectivity index (χ0) is 9.45. The normalized spacial score (nSPS) is 12.5. The molecule has 0 bridgehead atoms. The molecule has 0 rings (SSSR count). The lowest BCUT2D eigenvalue weighted by Crippen LogP contribution is -1.91. The molecule has 0 aliphatic heterocycles. The smallest absolute Gasteiger partial charge is 0.212 e. The molecule has 0 fully saturated rings. The fraction of sp³-hybridized carbons (Fsp3) is 0.750. The molecule has 0 saturated carbocycles. The molecule has 0 aliphatic rings. The maximum atomic E-state index is 10.4. The number of hydrogen-bond acceptors (Lipinski definition) is 2. The molecule has 0 aromatic carbocycles. The van der Waals surface area contributed by atoms with Gasteiger partial charge in [0, 0.05) is 10.7 Å². The first-order valence-corrected chi connectivity index (χ1v) is 6.61. The van der Waals surface area contributed by atoms with Crippen molar-refractivity contribution < 1.29 is 8.42 Å². The van der Waals surface area contributed by atoms with Crippen LogP contribution in [0.25, 0.3) is 0 Å². The van der Waals surface area contributed by atoms with Crippen LogP contribution in [-0.4, -0.2) is 14.2 Å². The highest BCUT2D eigenvalue weighted by atomic mass is 35.7. The van der Waals surface area contributed by atoms with Gasteiger partial charge in [0.1, 0.15) is 0 Å². The van der Waals surface area contributed by atoms with Crippen molar-refractivity contribution in [2.75, 3.05) is 5.75 Å². The summed E-state index contributed by atoms with van der Waals surface area (Å²) in [6.07, 6.45) is 7.92. The molecule has 0 heterocycles. The molecule has 0 aromatic rings. The third-order valence-corrected chi connectivity index (χ3v) is 2.40. The van der Waals surface area contributed by atoms with E-state index in [1.54, 1.807) is 6.08 Å². The summed E-state index contributed by atoms with van der Waals surface area (Å²) >= 11 is 0. The topological polar surface area (TPSA) is 34.1 Å². The Labute approximate surface area is 79.0 Å². The van der Waals surface area contributed by atoms with Crippen molar-refractivity contribution in [3.8, 4) is 0 Å². The Balaban J connectivity index is 3.39. The van der Waals surface area contributed by atoms with Crippen LogP contribution in [0.3, 0.4) is 0 Å². The summed E-state index contributed by atoms with van der Waals surface area (Å²) in [5.74, 6) is -0.0549. The van der Waals surface area contributed by atoms with Crippen molar-refractivity contribution in [2.24, 2.45) is 0 Å². The summed E-state index contributed by atoms with van der Waals surface area (Å²) in [5, 5.41) is 0. The van der Waals surface area contributed by atoms with E-state index < -0.39 is 9.05 Å². The predicted octanol–water partition coefficient (Wildman–Crippen LogP) is 2.69. The van der Waals surface area contributed by atoms with E-state index in [1.165, 1.54) is 12.8 Å². The van der Waals surface area contributed by atoms with Crippen LogP contribution >= 0.6 is 10.7 Å². The standard InChI is InChI=1S/C8H15ClO2S/c1-2-3-4-5-6-7-8-12(9,10)11/h6-7H,2-5,8H2,1H3/b7-6+. The molecular formula is C8H15ClO2S. The quantitative estimate of drug-likeness (QED) is 0.384. The van der Waals surface area contributed by atoms with Crippen LogP contribution < -0.4 is 0 Å². The van der Waals surface area contributed by atoms with Gasteiger partial charge in [-0.2, -0.15) is 0 Å². The summed E-state index contributed by atoms with van der Waals surface area (Å²) in [5.41, 5.74) is 0. The zero-order valence-corrected chi connectivity index (χ0v) is 8.87. The van der Waals surface area contributed by atoms with Crippen molar-refractivity contribution in [3.05, 3.63) is 12.2 Å². The maximum absolute atomic E-state index is 10.4. The highest BCUT2D eigenvalue weighted by Crippen LogP contribution is 2.01. The van der Waals surface area contributed by atoms with E-state index in [0.717, 1.165) is 12.8 Å². The van der Waals surface area contributed by atoms with Crippen molar-refractivity contribution in [2.45, 2.75) is 32.6 Å². The Morgan fingerprint density at radius 3 is 2.42 bits per heavy atom. The van der Waals surface area contributed by atoms with Gasteiger partial charge in [-0.3, -0.25) is 0 Å². The minimum atomic E-state index is -3.33. The first-order valence-electron chi connectivity index (χ1n) is 4.13. The molecular weight excluding hydrogens is 196 g/mol. The summed E-state index contributed by atoms with van der Waals surface area (Å²) in [7, 11) is 1.66. The molecule has 0 aromatic heterocycles. The van der Waals surface area contributed by atoms with Crippen LogP contribution in [0.1, 0.15) is 32.6 Å². The Morgan fingerprint density at radius 2 is 1.92 bits per heavy atom. The molecule has 0 unspecified atom stereocenters. The first kappa shape index (κ1) is 12.0. The van der Waals surface area contributed by atoms with Gasteiger partial charge in [0.05, 0.1) is 5.75 Å². The molecule has 0 radical (unpaired) electrons. The summed E-state index contributed by atoms with van der Waals surface area (Å²) in [4.78, 5) is 0. The third kappa shape index (κ3) is 9.98. The Morgan fingerprint density at radius 1 is 1.25 bits per heavy atom. The van der Waals surface area contributed by atoms with Crippen molar-refractivity contribution >= 4 is 19.7 Å². The number of unbranched alkanes of at least 4 members (excludes halogenated alkanes) is 3. The zero-order valence-electron chi connectivity index (χ0n) is 7.29. The minimum Gasteiger partial charge on any atom is -0.212 e. The van der Waals surface area contributed by atoms with Crippen LogP contribution in [0.5, 0.6) is 0 Å². The van der Waals surface area contributed by atoms with E-state index in [1.807, 2.05) is 6.08 Å². The van der Waals surface area contributed by atoms with Gasteiger partial charge in [0.25, 0.3) is 0 Å². The lowest BCUT2D eigenvalue weighted by atomic mass is 10.2. The number of rotatable bonds is 6. The Bertz CT molecular complexity index is 219. The molecule has 0 amide bonds. The van der Waals surface area contributed by atoms with Crippen LogP contribution in [0.15, 0.2) is 12.2 Å². The molecule has 2 nitrogen and oxygen atoms in total. The summed E-state index contributed by atoms with van der Waals surface area (Å²) in [6.45, 7) is 2.13. The van der Waals surface area contributed by atoms with E-state index >= 15 is 0 Å². The van der Waals surface area contributed by atoms with Crippen molar-refractivity contribution in [1.82, 2.24) is 0 Å². The van der Waals surface area contributed by atoms with Gasteiger partial charge in [-0.15, -0.1) is 0 Å². The average Bonchev–Trinajstić information content (AvgIpc) is 1.94. The van der Waals surface area contributed by atoms with Gasteiger partial charge in [0.15, 0.2) is 0 Å². The minimum absolute atomic E-state index is 0.0549. The molecule has 4 heteroatoms. The Kier molecular flexibility index (Phi) is 6.48. The maximum Gasteiger partial charge on any atom is 0.236 e.